The summed E-state index contributed by atoms with van der Waals surface area (Å²) in [6, 6.07) is 6.72. The molecule has 132 valence electrons. The van der Waals surface area contributed by atoms with Gasteiger partial charge in [-0.15, -0.1) is 0 Å². The van der Waals surface area contributed by atoms with Crippen LogP contribution in [0.3, 0.4) is 0 Å². The van der Waals surface area contributed by atoms with Gasteiger partial charge in [-0.25, -0.2) is 0 Å². The molecule has 0 aliphatic rings. The van der Waals surface area contributed by atoms with Crippen LogP contribution >= 0.6 is 0 Å². The summed E-state index contributed by atoms with van der Waals surface area (Å²) in [5.74, 6) is 0.427. The predicted octanol–water partition coefficient (Wildman–Crippen LogP) is 4.32. The van der Waals surface area contributed by atoms with Gasteiger partial charge >= 0.3 is 0 Å². The first-order valence-corrected chi connectivity index (χ1v) is 9.58. The second-order valence-corrected chi connectivity index (χ2v) is 8.45. The molecule has 0 bridgehead atoms. The molecule has 0 aliphatic carbocycles. The summed E-state index contributed by atoms with van der Waals surface area (Å²) in [7, 11) is -1.91. The predicted molar refractivity (Wildman–Crippen MR) is 93.0 cm³/mol. The third-order valence-electron chi connectivity index (χ3n) is 4.19. The Balaban J connectivity index is 2.34. The van der Waals surface area contributed by atoms with Crippen molar-refractivity contribution in [1.82, 2.24) is 0 Å². The third-order valence-corrected chi connectivity index (χ3v) is 5.51. The molecule has 0 amide bonds. The highest BCUT2D eigenvalue weighted by atomic mass is 32.2. The number of benzene rings is 1. The molecule has 1 aromatic rings. The molecule has 1 atom stereocenters. The molecule has 0 saturated heterocycles. The Morgan fingerprint density at radius 3 is 2.30 bits per heavy atom. The minimum atomic E-state index is -3.64. The fourth-order valence-electron chi connectivity index (χ4n) is 2.25. The lowest BCUT2D eigenvalue weighted by Crippen LogP contribution is -2.22. The van der Waals surface area contributed by atoms with Crippen LogP contribution in [0, 0.1) is 12.8 Å². The molecular formula is C18H30O4S. The van der Waals surface area contributed by atoms with Gasteiger partial charge in [-0.05, 0) is 51.7 Å². The Labute approximate surface area is 141 Å². The lowest BCUT2D eigenvalue weighted by molar-refractivity contribution is 0.0126. The van der Waals surface area contributed by atoms with E-state index in [9.17, 15) is 8.42 Å². The van der Waals surface area contributed by atoms with Crippen LogP contribution in [0.15, 0.2) is 29.2 Å². The van der Waals surface area contributed by atoms with E-state index < -0.39 is 10.1 Å². The highest BCUT2D eigenvalue weighted by Gasteiger charge is 2.17. The van der Waals surface area contributed by atoms with E-state index in [1.54, 1.807) is 31.4 Å². The minimum absolute atomic E-state index is 0.0923. The van der Waals surface area contributed by atoms with Gasteiger partial charge < -0.3 is 4.74 Å². The van der Waals surface area contributed by atoms with Crippen LogP contribution in [0.25, 0.3) is 0 Å². The van der Waals surface area contributed by atoms with Gasteiger partial charge in [-0.2, -0.15) is 8.42 Å². The van der Waals surface area contributed by atoms with Gasteiger partial charge in [0.05, 0.1) is 17.1 Å². The maximum Gasteiger partial charge on any atom is 0.296 e. The average molecular weight is 343 g/mol. The molecule has 0 spiro atoms. The largest absolute Gasteiger partial charge is 0.379 e. The van der Waals surface area contributed by atoms with Gasteiger partial charge in [0.15, 0.2) is 0 Å². The molecule has 1 unspecified atom stereocenters. The van der Waals surface area contributed by atoms with Crippen molar-refractivity contribution in [3.63, 3.8) is 0 Å². The lowest BCUT2D eigenvalue weighted by atomic mass is 9.95. The van der Waals surface area contributed by atoms with Crippen LogP contribution in [-0.4, -0.2) is 27.7 Å². The van der Waals surface area contributed by atoms with E-state index in [1.165, 1.54) is 0 Å². The van der Waals surface area contributed by atoms with Gasteiger partial charge in [0, 0.05) is 7.11 Å². The summed E-state index contributed by atoms with van der Waals surface area (Å²) in [5, 5.41) is 0. The Bertz CT molecular complexity index is 561. The number of hydrogen-bond donors (Lipinski definition) is 0. The molecule has 0 fully saturated rings. The van der Waals surface area contributed by atoms with Crippen molar-refractivity contribution in [3.8, 4) is 0 Å². The SMILES string of the molecule is COC(C)(C)CCCC(C)CCOS(=O)(=O)c1ccc(C)cc1. The maximum absolute atomic E-state index is 12.1. The summed E-state index contributed by atoms with van der Waals surface area (Å²) in [4.78, 5) is 0.220. The van der Waals surface area contributed by atoms with Gasteiger partial charge in [-0.1, -0.05) is 37.5 Å². The van der Waals surface area contributed by atoms with Crippen LogP contribution in [0.4, 0.5) is 0 Å². The van der Waals surface area contributed by atoms with Gasteiger partial charge in [-0.3, -0.25) is 4.18 Å². The standard InChI is InChI=1S/C18H30O4S/c1-15(7-6-13-18(3,4)21-5)12-14-22-23(19,20)17-10-8-16(2)9-11-17/h8-11,15H,6-7,12-14H2,1-5H3. The van der Waals surface area contributed by atoms with E-state index in [0.717, 1.165) is 31.2 Å². The van der Waals surface area contributed by atoms with Gasteiger partial charge in [0.1, 0.15) is 0 Å². The van der Waals surface area contributed by atoms with E-state index in [4.69, 9.17) is 8.92 Å². The number of ether oxygens (including phenoxy) is 1. The van der Waals surface area contributed by atoms with Crippen LogP contribution in [0.2, 0.25) is 0 Å². The Kier molecular flexibility index (Phi) is 7.71. The highest BCUT2D eigenvalue weighted by molar-refractivity contribution is 7.86. The van der Waals surface area contributed by atoms with Crippen LogP contribution < -0.4 is 0 Å². The van der Waals surface area contributed by atoms with Crippen molar-refractivity contribution in [2.24, 2.45) is 5.92 Å². The monoisotopic (exact) mass is 342 g/mol. The summed E-state index contributed by atoms with van der Waals surface area (Å²) in [6.07, 6.45) is 3.84. The Hall–Kier alpha value is -0.910. The molecule has 23 heavy (non-hydrogen) atoms. The molecular weight excluding hydrogens is 312 g/mol. The first kappa shape index (κ1) is 20.1. The number of hydrogen-bond acceptors (Lipinski definition) is 4. The van der Waals surface area contributed by atoms with Gasteiger partial charge in [0.25, 0.3) is 10.1 Å². The van der Waals surface area contributed by atoms with E-state index in [-0.39, 0.29) is 17.1 Å². The molecule has 0 radical (unpaired) electrons. The van der Waals surface area contributed by atoms with E-state index >= 15 is 0 Å². The normalized spacial score (nSPS) is 14.0. The number of aryl methyl sites for hydroxylation is 1. The van der Waals surface area contributed by atoms with Crippen molar-refractivity contribution < 1.29 is 17.3 Å². The van der Waals surface area contributed by atoms with Crippen molar-refractivity contribution in [3.05, 3.63) is 29.8 Å². The van der Waals surface area contributed by atoms with Crippen molar-refractivity contribution in [2.45, 2.75) is 63.9 Å². The molecule has 1 rings (SSSR count). The highest BCUT2D eigenvalue weighted by Crippen LogP contribution is 2.21. The second kappa shape index (κ2) is 8.81. The van der Waals surface area contributed by atoms with Gasteiger partial charge in [0.2, 0.25) is 0 Å². The fraction of sp³-hybridized carbons (Fsp3) is 0.667. The maximum atomic E-state index is 12.1. The smallest absolute Gasteiger partial charge is 0.296 e. The summed E-state index contributed by atoms with van der Waals surface area (Å²) < 4.78 is 34.7. The first-order valence-electron chi connectivity index (χ1n) is 8.17. The molecule has 0 saturated carbocycles. The molecule has 4 nitrogen and oxygen atoms in total. The summed E-state index contributed by atoms with van der Waals surface area (Å²) in [6.45, 7) is 8.43. The van der Waals surface area contributed by atoms with E-state index in [2.05, 4.69) is 20.8 Å². The zero-order valence-corrected chi connectivity index (χ0v) is 15.8. The van der Waals surface area contributed by atoms with E-state index in [1.807, 2.05) is 6.92 Å². The zero-order valence-electron chi connectivity index (χ0n) is 15.0. The van der Waals surface area contributed by atoms with Crippen molar-refractivity contribution >= 4 is 10.1 Å². The van der Waals surface area contributed by atoms with Crippen LogP contribution in [0.1, 0.15) is 52.0 Å². The van der Waals surface area contributed by atoms with Crippen molar-refractivity contribution in [2.75, 3.05) is 13.7 Å². The summed E-state index contributed by atoms with van der Waals surface area (Å²) in [5.41, 5.74) is 0.932. The summed E-state index contributed by atoms with van der Waals surface area (Å²) >= 11 is 0. The number of rotatable bonds is 10. The second-order valence-electron chi connectivity index (χ2n) is 6.84. The minimum Gasteiger partial charge on any atom is -0.379 e. The first-order chi connectivity index (χ1) is 10.7. The van der Waals surface area contributed by atoms with Crippen LogP contribution in [-0.2, 0) is 19.0 Å². The quantitative estimate of drug-likeness (QED) is 0.594. The fourth-order valence-corrected chi connectivity index (χ4v) is 3.18. The average Bonchev–Trinajstić information content (AvgIpc) is 2.47. The lowest BCUT2D eigenvalue weighted by Gasteiger charge is -2.23. The third kappa shape index (κ3) is 7.46. The molecule has 0 heterocycles. The zero-order chi connectivity index (χ0) is 17.5. The molecule has 0 aliphatic heterocycles. The van der Waals surface area contributed by atoms with Crippen LogP contribution in [0.5, 0.6) is 0 Å². The van der Waals surface area contributed by atoms with E-state index in [0.29, 0.717) is 5.92 Å². The molecule has 0 N–H and O–H groups in total. The Morgan fingerprint density at radius 2 is 1.74 bits per heavy atom. The van der Waals surface area contributed by atoms with Crippen molar-refractivity contribution in [1.29, 1.82) is 0 Å². The molecule has 0 aromatic heterocycles. The Morgan fingerprint density at radius 1 is 1.13 bits per heavy atom. The molecule has 1 aromatic carbocycles. The molecule has 5 heteroatoms. The number of methoxy groups -OCH3 is 1. The topological polar surface area (TPSA) is 52.6 Å².